The quantitative estimate of drug-likeness (QED) is 0.664. The first-order valence-corrected chi connectivity index (χ1v) is 6.96. The van der Waals surface area contributed by atoms with Gasteiger partial charge in [0.15, 0.2) is 0 Å². The van der Waals surface area contributed by atoms with Crippen molar-refractivity contribution in [2.75, 3.05) is 34.0 Å². The fourth-order valence-corrected chi connectivity index (χ4v) is 1.72. The van der Waals surface area contributed by atoms with Crippen molar-refractivity contribution in [1.29, 1.82) is 0 Å². The summed E-state index contributed by atoms with van der Waals surface area (Å²) in [5.74, 6) is 1.11. The number of ether oxygens (including phenoxy) is 3. The molecule has 1 heterocycles. The van der Waals surface area contributed by atoms with E-state index in [2.05, 4.69) is 24.1 Å². The molecule has 0 aromatic carbocycles. The molecule has 0 amide bonds. The first kappa shape index (κ1) is 16.9. The van der Waals surface area contributed by atoms with E-state index in [1.54, 1.807) is 14.2 Å². The Bertz CT molecular complexity index is 357. The molecule has 0 radical (unpaired) electrons. The minimum Gasteiger partial charge on any atom is -0.475 e. The molecule has 2 atom stereocenters. The number of rotatable bonds is 10. The van der Waals surface area contributed by atoms with Gasteiger partial charge in [0.2, 0.25) is 5.88 Å². The van der Waals surface area contributed by atoms with Gasteiger partial charge in [-0.25, -0.2) is 4.98 Å². The van der Waals surface area contributed by atoms with Crippen LogP contribution < -0.4 is 10.1 Å². The molecule has 5 heteroatoms. The lowest BCUT2D eigenvalue weighted by molar-refractivity contribution is 0.142. The summed E-state index contributed by atoms with van der Waals surface area (Å²) in [5, 5.41) is 3.47. The van der Waals surface area contributed by atoms with E-state index in [0.717, 1.165) is 18.7 Å². The van der Waals surface area contributed by atoms with Gasteiger partial charge in [0.1, 0.15) is 6.61 Å². The van der Waals surface area contributed by atoms with Crippen LogP contribution in [-0.4, -0.2) is 45.1 Å². The molecule has 5 nitrogen and oxygen atoms in total. The maximum absolute atomic E-state index is 5.42. The van der Waals surface area contributed by atoms with E-state index in [0.29, 0.717) is 31.1 Å². The lowest BCUT2D eigenvalue weighted by Crippen LogP contribution is -2.33. The second kappa shape index (κ2) is 9.69. The van der Waals surface area contributed by atoms with Crippen LogP contribution in [0.5, 0.6) is 5.88 Å². The van der Waals surface area contributed by atoms with Crippen LogP contribution in [0, 0.1) is 5.92 Å². The fraction of sp³-hybridized carbons (Fsp3) is 0.667. The Morgan fingerprint density at radius 2 is 1.95 bits per heavy atom. The Labute approximate surface area is 121 Å². The highest BCUT2D eigenvalue weighted by molar-refractivity contribution is 5.17. The molecule has 1 rings (SSSR count). The van der Waals surface area contributed by atoms with Crippen LogP contribution in [-0.2, 0) is 16.0 Å². The van der Waals surface area contributed by atoms with Crippen molar-refractivity contribution < 1.29 is 14.2 Å². The highest BCUT2D eigenvalue weighted by atomic mass is 16.5. The van der Waals surface area contributed by atoms with Crippen molar-refractivity contribution in [2.24, 2.45) is 5.92 Å². The molecule has 0 aliphatic rings. The van der Waals surface area contributed by atoms with Gasteiger partial charge < -0.3 is 19.5 Å². The zero-order valence-electron chi connectivity index (χ0n) is 12.9. The molecular weight excluding hydrogens is 256 g/mol. The van der Waals surface area contributed by atoms with Gasteiger partial charge in [0.05, 0.1) is 13.2 Å². The Kier molecular flexibility index (Phi) is 8.18. The van der Waals surface area contributed by atoms with Gasteiger partial charge in [-0.3, -0.25) is 0 Å². The smallest absolute Gasteiger partial charge is 0.213 e. The standard InChI is InChI=1S/C15H26N2O3/c1-12(11-19-4)13(2)16-9-14-5-6-15(17-10-14)20-8-7-18-3/h5-6,10,12-13,16H,7-9,11H2,1-4H3. The topological polar surface area (TPSA) is 52.6 Å². The summed E-state index contributed by atoms with van der Waals surface area (Å²) in [7, 11) is 3.38. The minimum absolute atomic E-state index is 0.396. The molecule has 0 saturated heterocycles. The molecule has 1 N–H and O–H groups in total. The van der Waals surface area contributed by atoms with E-state index in [1.807, 2.05) is 18.3 Å². The fourth-order valence-electron chi connectivity index (χ4n) is 1.72. The molecule has 114 valence electrons. The summed E-state index contributed by atoms with van der Waals surface area (Å²) in [5.41, 5.74) is 1.14. The normalized spacial score (nSPS) is 14.0. The Balaban J connectivity index is 2.34. The predicted octanol–water partition coefficient (Wildman–Crippen LogP) is 1.87. The number of aromatic nitrogens is 1. The lowest BCUT2D eigenvalue weighted by Gasteiger charge is -2.20. The summed E-state index contributed by atoms with van der Waals surface area (Å²) < 4.78 is 15.5. The van der Waals surface area contributed by atoms with Gasteiger partial charge in [-0.05, 0) is 18.4 Å². The van der Waals surface area contributed by atoms with Crippen LogP contribution in [0.25, 0.3) is 0 Å². The van der Waals surface area contributed by atoms with Gasteiger partial charge in [0.25, 0.3) is 0 Å². The van der Waals surface area contributed by atoms with E-state index in [1.165, 1.54) is 0 Å². The third kappa shape index (κ3) is 6.32. The maximum Gasteiger partial charge on any atom is 0.213 e. The van der Waals surface area contributed by atoms with Crippen molar-refractivity contribution in [3.05, 3.63) is 23.9 Å². The molecule has 0 spiro atoms. The minimum atomic E-state index is 0.396. The van der Waals surface area contributed by atoms with Crippen LogP contribution in [0.2, 0.25) is 0 Å². The monoisotopic (exact) mass is 282 g/mol. The number of pyridine rings is 1. The van der Waals surface area contributed by atoms with Crippen LogP contribution in [0.4, 0.5) is 0 Å². The second-order valence-electron chi connectivity index (χ2n) is 4.95. The Hall–Kier alpha value is -1.17. The van der Waals surface area contributed by atoms with Gasteiger partial charge in [-0.2, -0.15) is 0 Å². The van der Waals surface area contributed by atoms with Crippen molar-refractivity contribution in [2.45, 2.75) is 26.4 Å². The van der Waals surface area contributed by atoms with E-state index >= 15 is 0 Å². The first-order chi connectivity index (χ1) is 9.67. The van der Waals surface area contributed by atoms with Crippen molar-refractivity contribution in [3.8, 4) is 5.88 Å². The summed E-state index contributed by atoms with van der Waals surface area (Å²) >= 11 is 0. The van der Waals surface area contributed by atoms with E-state index in [9.17, 15) is 0 Å². The Morgan fingerprint density at radius 1 is 1.15 bits per heavy atom. The molecule has 0 saturated carbocycles. The SMILES string of the molecule is COCCOc1ccc(CNC(C)C(C)COC)cn1. The number of hydrogen-bond acceptors (Lipinski definition) is 5. The van der Waals surface area contributed by atoms with Crippen LogP contribution >= 0.6 is 0 Å². The summed E-state index contributed by atoms with van der Waals surface area (Å²) in [6.07, 6.45) is 1.84. The summed E-state index contributed by atoms with van der Waals surface area (Å²) in [6.45, 7) is 6.98. The van der Waals surface area contributed by atoms with Crippen LogP contribution in [0.1, 0.15) is 19.4 Å². The average molecular weight is 282 g/mol. The van der Waals surface area contributed by atoms with Crippen molar-refractivity contribution in [3.63, 3.8) is 0 Å². The van der Waals surface area contributed by atoms with Crippen molar-refractivity contribution >= 4 is 0 Å². The first-order valence-electron chi connectivity index (χ1n) is 6.96. The maximum atomic E-state index is 5.42. The van der Waals surface area contributed by atoms with Crippen LogP contribution in [0.15, 0.2) is 18.3 Å². The van der Waals surface area contributed by atoms with Gasteiger partial charge in [-0.15, -0.1) is 0 Å². The number of methoxy groups -OCH3 is 2. The molecule has 1 aromatic rings. The zero-order valence-corrected chi connectivity index (χ0v) is 12.9. The van der Waals surface area contributed by atoms with E-state index in [-0.39, 0.29) is 0 Å². The summed E-state index contributed by atoms with van der Waals surface area (Å²) in [4.78, 5) is 4.27. The number of nitrogens with zero attached hydrogens (tertiary/aromatic N) is 1. The highest BCUT2D eigenvalue weighted by Crippen LogP contribution is 2.09. The second-order valence-corrected chi connectivity index (χ2v) is 4.95. The van der Waals surface area contributed by atoms with Crippen molar-refractivity contribution in [1.82, 2.24) is 10.3 Å². The summed E-state index contributed by atoms with van der Waals surface area (Å²) in [6, 6.07) is 4.30. The molecule has 0 fully saturated rings. The van der Waals surface area contributed by atoms with E-state index in [4.69, 9.17) is 14.2 Å². The molecule has 2 unspecified atom stereocenters. The molecule has 1 aromatic heterocycles. The molecule has 0 aliphatic carbocycles. The third-order valence-electron chi connectivity index (χ3n) is 3.25. The lowest BCUT2D eigenvalue weighted by atomic mass is 10.0. The molecule has 0 bridgehead atoms. The predicted molar refractivity (Wildman–Crippen MR) is 78.9 cm³/mol. The van der Waals surface area contributed by atoms with Crippen LogP contribution in [0.3, 0.4) is 0 Å². The molecular formula is C15H26N2O3. The average Bonchev–Trinajstić information content (AvgIpc) is 2.46. The van der Waals surface area contributed by atoms with Gasteiger partial charge in [0, 0.05) is 39.1 Å². The van der Waals surface area contributed by atoms with E-state index < -0.39 is 0 Å². The third-order valence-corrected chi connectivity index (χ3v) is 3.25. The largest absolute Gasteiger partial charge is 0.475 e. The van der Waals surface area contributed by atoms with Gasteiger partial charge in [-0.1, -0.05) is 13.0 Å². The number of nitrogens with one attached hydrogen (secondary N) is 1. The Morgan fingerprint density at radius 3 is 2.55 bits per heavy atom. The molecule has 0 aliphatic heterocycles. The van der Waals surface area contributed by atoms with Gasteiger partial charge >= 0.3 is 0 Å². The highest BCUT2D eigenvalue weighted by Gasteiger charge is 2.11. The molecule has 20 heavy (non-hydrogen) atoms. The zero-order chi connectivity index (χ0) is 14.8. The number of hydrogen-bond donors (Lipinski definition) is 1.